The van der Waals surface area contributed by atoms with Crippen LogP contribution in [0.5, 0.6) is 0 Å². The molecule has 4 nitrogen and oxygen atoms in total. The molecule has 16 rings (SSSR count). The number of rotatable bonds is 5. The van der Waals surface area contributed by atoms with Gasteiger partial charge in [0.15, 0.2) is 0 Å². The normalized spacial score (nSPS) is 13.6. The van der Waals surface area contributed by atoms with Crippen molar-refractivity contribution in [2.24, 2.45) is 0 Å². The van der Waals surface area contributed by atoms with Gasteiger partial charge in [0.05, 0.1) is 33.1 Å². The summed E-state index contributed by atoms with van der Waals surface area (Å²) in [6.07, 6.45) is 0. The van der Waals surface area contributed by atoms with Gasteiger partial charge in [-0.15, -0.1) is 0 Å². The summed E-state index contributed by atoms with van der Waals surface area (Å²) in [5, 5.41) is 7.52. The van der Waals surface area contributed by atoms with Crippen LogP contribution in [-0.2, 0) is 21.7 Å². The van der Waals surface area contributed by atoms with Gasteiger partial charge in [-0.05, 0) is 192 Å². The first-order chi connectivity index (χ1) is 44.6. The lowest BCUT2D eigenvalue weighted by molar-refractivity contribution is 0.590. The topological polar surface area (TPSA) is 18.0 Å². The summed E-state index contributed by atoms with van der Waals surface area (Å²) < 4.78 is 7.74. The number of anilines is 3. The van der Waals surface area contributed by atoms with Crippen molar-refractivity contribution in [2.75, 3.05) is 4.90 Å². The Hall–Kier alpha value is -9.25. The van der Waals surface area contributed by atoms with Crippen molar-refractivity contribution in [1.82, 2.24) is 13.7 Å². The van der Waals surface area contributed by atoms with Crippen molar-refractivity contribution in [2.45, 2.75) is 146 Å². The van der Waals surface area contributed by atoms with E-state index in [2.05, 4.69) is 337 Å². The number of aryl methyl sites for hydroxylation is 6. The fourth-order valence-electron chi connectivity index (χ4n) is 17.0. The predicted octanol–water partition coefficient (Wildman–Crippen LogP) is 19.1. The Bertz CT molecular complexity index is 5290. The van der Waals surface area contributed by atoms with E-state index in [1.54, 1.807) is 0 Å². The van der Waals surface area contributed by atoms with Crippen LogP contribution in [0.25, 0.3) is 82.5 Å². The lowest BCUT2D eigenvalue weighted by Crippen LogP contribution is -2.66. The number of benzene rings is 11. The van der Waals surface area contributed by atoms with E-state index in [1.165, 1.54) is 177 Å². The third-order valence-electron chi connectivity index (χ3n) is 21.5. The van der Waals surface area contributed by atoms with Crippen LogP contribution >= 0.6 is 0 Å². The molecular weight excluding hydrogens is 1130 g/mol. The first-order valence-corrected chi connectivity index (χ1v) is 34.2. The molecule has 11 aromatic carbocycles. The number of para-hydroxylation sites is 2. The molecule has 0 aliphatic carbocycles. The highest BCUT2D eigenvalue weighted by molar-refractivity contribution is 7.02. The summed E-state index contributed by atoms with van der Waals surface area (Å²) in [4.78, 5) is 2.69. The highest BCUT2D eigenvalue weighted by Crippen LogP contribution is 2.46. The molecule has 0 spiro atoms. The van der Waals surface area contributed by atoms with Crippen LogP contribution in [0.3, 0.4) is 0 Å². The van der Waals surface area contributed by atoms with Gasteiger partial charge in [0.2, 0.25) is 13.4 Å². The minimum absolute atomic E-state index is 0.0124. The Morgan fingerprint density at radius 3 is 1.01 bits per heavy atom. The monoisotopic (exact) mass is 1220 g/mol. The fraction of sp³-hybridized carbons (Fsp3) is 0.250. The van der Waals surface area contributed by atoms with E-state index < -0.39 is 0 Å². The SMILES string of the molecule is Cc1cc(C)c(B2c3cc(C(C)(C)C)ccc3N3c4ccc(C(C)(C)C)cc4B(c4c(C)cc(C)cc4C)c4cc(-n5c6ccccc6c6ccc7c8ccccc8n(-c8ccc(-n9c%10ccc(C(C)(C)C)cc%10c%10cc(C(C)(C)C)ccc%109)cc8)c7c65)cc2c43)c(C)c1. The van der Waals surface area contributed by atoms with Gasteiger partial charge in [0.1, 0.15) is 0 Å². The maximum absolute atomic E-state index is 2.69. The zero-order valence-corrected chi connectivity index (χ0v) is 58.4. The Morgan fingerprint density at radius 1 is 0.277 bits per heavy atom. The van der Waals surface area contributed by atoms with Crippen molar-refractivity contribution in [1.29, 1.82) is 0 Å². The third-order valence-corrected chi connectivity index (χ3v) is 21.5. The van der Waals surface area contributed by atoms with Gasteiger partial charge in [-0.25, -0.2) is 0 Å². The highest BCUT2D eigenvalue weighted by Gasteiger charge is 2.46. The van der Waals surface area contributed by atoms with E-state index in [1.807, 2.05) is 0 Å². The van der Waals surface area contributed by atoms with Crippen molar-refractivity contribution in [3.8, 4) is 17.1 Å². The molecule has 2 aliphatic heterocycles. The number of aromatic nitrogens is 3. The van der Waals surface area contributed by atoms with E-state index >= 15 is 0 Å². The molecule has 6 heteroatoms. The summed E-state index contributed by atoms with van der Waals surface area (Å²) in [5.41, 5.74) is 35.7. The Labute approximate surface area is 557 Å². The first-order valence-electron chi connectivity index (χ1n) is 34.2. The molecule has 14 aromatic rings. The van der Waals surface area contributed by atoms with Crippen LogP contribution in [0.15, 0.2) is 194 Å². The van der Waals surface area contributed by atoms with E-state index in [4.69, 9.17) is 0 Å². The van der Waals surface area contributed by atoms with Gasteiger partial charge in [0.25, 0.3) is 0 Å². The van der Waals surface area contributed by atoms with Crippen molar-refractivity contribution in [3.05, 3.63) is 250 Å². The van der Waals surface area contributed by atoms with Gasteiger partial charge in [-0.1, -0.05) is 237 Å². The lowest BCUT2D eigenvalue weighted by atomic mass is 9.29. The van der Waals surface area contributed by atoms with Crippen LogP contribution < -0.4 is 37.7 Å². The Morgan fingerprint density at radius 2 is 0.617 bits per heavy atom. The van der Waals surface area contributed by atoms with Crippen LogP contribution in [0.4, 0.5) is 17.1 Å². The molecule has 94 heavy (non-hydrogen) atoms. The molecule has 0 amide bonds. The maximum Gasteiger partial charge on any atom is 0.247 e. The number of fused-ring (bicyclic) bond motifs is 14. The molecule has 0 unspecified atom stereocenters. The van der Waals surface area contributed by atoms with E-state index in [-0.39, 0.29) is 35.1 Å². The molecule has 0 radical (unpaired) electrons. The zero-order valence-electron chi connectivity index (χ0n) is 58.4. The molecule has 0 bridgehead atoms. The summed E-state index contributed by atoms with van der Waals surface area (Å²) in [5.74, 6) is 0. The minimum atomic E-state index is -0.0810. The third kappa shape index (κ3) is 9.01. The Kier molecular flexibility index (Phi) is 13.1. The highest BCUT2D eigenvalue weighted by atomic mass is 15.2. The van der Waals surface area contributed by atoms with Gasteiger partial charge in [0, 0.05) is 66.4 Å². The molecule has 0 saturated heterocycles. The van der Waals surface area contributed by atoms with Crippen molar-refractivity contribution >= 4 is 129 Å². The quantitative estimate of drug-likeness (QED) is 0.157. The molecular formula is C88H86B2N4. The number of hydrogen-bond acceptors (Lipinski definition) is 1. The maximum atomic E-state index is 2.69. The summed E-state index contributed by atoms with van der Waals surface area (Å²) >= 11 is 0. The van der Waals surface area contributed by atoms with Crippen LogP contribution in [0.2, 0.25) is 0 Å². The molecule has 2 aliphatic rings. The zero-order chi connectivity index (χ0) is 65.7. The average molecular weight is 1220 g/mol. The fourth-order valence-corrected chi connectivity index (χ4v) is 17.0. The Balaban J connectivity index is 1.02. The molecule has 0 atom stereocenters. The predicted molar refractivity (Wildman–Crippen MR) is 410 cm³/mol. The molecule has 464 valence electrons. The molecule has 0 N–H and O–H groups in total. The number of nitrogens with zero attached hydrogens (tertiary/aromatic N) is 4. The minimum Gasteiger partial charge on any atom is -0.313 e. The second kappa shape index (κ2) is 20.6. The summed E-state index contributed by atoms with van der Waals surface area (Å²) in [6.45, 7) is 41.9. The standard InChI is InChI=1S/C88H86B2N4/c1-51-41-53(3)80(54(4)42-51)89-70-47-59(87(13,14)15)29-39-78(70)94-79-40-30-60(88(16,17)18)48-71(79)90(81-55(5)43-52(2)44-56(81)6)73-50-63(49-72(89)84(73)94)93-75-26-22-20-24-65(75)67-36-35-66-64-23-19-21-25-74(64)92(82(66)83(67)93)62-33-31-61(32-34-62)91-76-37-27-57(85(7,8)9)45-68(76)69-46-58(86(10,11)12)28-38-77(69)91/h19-50H,1-18H3. The molecule has 3 aromatic heterocycles. The average Bonchev–Trinajstić information content (AvgIpc) is 0.725. The van der Waals surface area contributed by atoms with E-state index in [9.17, 15) is 0 Å². The van der Waals surface area contributed by atoms with E-state index in [0.29, 0.717) is 0 Å². The smallest absolute Gasteiger partial charge is 0.247 e. The summed E-state index contributed by atoms with van der Waals surface area (Å²) in [7, 11) is 0. The molecule has 0 fully saturated rings. The number of hydrogen-bond donors (Lipinski definition) is 0. The van der Waals surface area contributed by atoms with Crippen molar-refractivity contribution in [3.63, 3.8) is 0 Å². The van der Waals surface area contributed by atoms with Gasteiger partial charge in [-0.3, -0.25) is 0 Å². The first kappa shape index (κ1) is 59.7. The molecule has 0 saturated carbocycles. The van der Waals surface area contributed by atoms with Crippen molar-refractivity contribution < 1.29 is 0 Å². The van der Waals surface area contributed by atoms with Crippen LogP contribution in [0.1, 0.15) is 139 Å². The van der Waals surface area contributed by atoms with E-state index in [0.717, 1.165) is 11.4 Å². The summed E-state index contributed by atoms with van der Waals surface area (Å²) in [6, 6.07) is 76.7. The van der Waals surface area contributed by atoms with Gasteiger partial charge in [-0.2, -0.15) is 0 Å². The van der Waals surface area contributed by atoms with Crippen LogP contribution in [-0.4, -0.2) is 27.1 Å². The second-order valence-electron chi connectivity index (χ2n) is 32.2. The van der Waals surface area contributed by atoms with Gasteiger partial charge >= 0.3 is 0 Å². The second-order valence-corrected chi connectivity index (χ2v) is 32.2. The molecule has 5 heterocycles. The lowest BCUT2D eigenvalue weighted by Gasteiger charge is -2.45. The largest absolute Gasteiger partial charge is 0.313 e. The van der Waals surface area contributed by atoms with Crippen LogP contribution in [0, 0.1) is 41.5 Å². The van der Waals surface area contributed by atoms with Gasteiger partial charge < -0.3 is 18.6 Å².